The van der Waals surface area contributed by atoms with Gasteiger partial charge in [0.25, 0.3) is 5.91 Å². The van der Waals surface area contributed by atoms with Crippen LogP contribution in [0, 0.1) is 11.8 Å². The summed E-state index contributed by atoms with van der Waals surface area (Å²) in [4.78, 5) is 39.2. The Morgan fingerprint density at radius 1 is 1.14 bits per heavy atom. The first-order valence-electron chi connectivity index (χ1n) is 10.5. The smallest absolute Gasteiger partial charge is 0.322 e. The first kappa shape index (κ1) is 19.0. The molecule has 1 saturated heterocycles. The van der Waals surface area contributed by atoms with Crippen molar-refractivity contribution in [1.29, 1.82) is 0 Å². The third-order valence-corrected chi connectivity index (χ3v) is 6.92. The normalized spacial score (nSPS) is 28.4. The molecule has 150 valence electrons. The zero-order valence-corrected chi connectivity index (χ0v) is 16.4. The highest BCUT2D eigenvalue weighted by atomic mass is 16.2. The molecule has 2 N–H and O–H groups in total. The van der Waals surface area contributed by atoms with E-state index >= 15 is 0 Å². The Labute approximate surface area is 166 Å². The van der Waals surface area contributed by atoms with Gasteiger partial charge in [0.1, 0.15) is 5.54 Å². The summed E-state index contributed by atoms with van der Waals surface area (Å²) in [5.74, 6) is 0.474. The highest BCUT2D eigenvalue weighted by Gasteiger charge is 2.49. The summed E-state index contributed by atoms with van der Waals surface area (Å²) >= 11 is 0. The standard InChI is InChI=1S/C22H29N3O3/c1-15(17-8-3-2-4-9-17)25(14-16-6-5-7-16)19(26)18-10-12-22(13-11-18)20(27)23-21(28)24-22/h2-4,8-9,15-16,18H,5-7,10-14H2,1H3,(H2,23,24,27,28)/t15-,18?,22?/m0/s1. The van der Waals surface area contributed by atoms with Gasteiger partial charge in [-0.2, -0.15) is 0 Å². The van der Waals surface area contributed by atoms with Crippen molar-refractivity contribution in [2.75, 3.05) is 6.54 Å². The van der Waals surface area contributed by atoms with E-state index < -0.39 is 11.6 Å². The molecule has 3 aliphatic rings. The number of carbonyl (C=O) groups is 3. The SMILES string of the molecule is C[C@@H](c1ccccc1)N(CC1CCC1)C(=O)C1CCC2(CC1)NC(=O)NC2=O. The van der Waals surface area contributed by atoms with Crippen molar-refractivity contribution in [3.8, 4) is 0 Å². The average molecular weight is 383 g/mol. The molecule has 1 atom stereocenters. The number of imide groups is 1. The molecule has 6 heteroatoms. The van der Waals surface area contributed by atoms with Crippen LogP contribution >= 0.6 is 0 Å². The van der Waals surface area contributed by atoms with E-state index in [-0.39, 0.29) is 23.8 Å². The minimum Gasteiger partial charge on any atom is -0.335 e. The molecule has 0 bridgehead atoms. The second kappa shape index (κ2) is 7.57. The van der Waals surface area contributed by atoms with Crippen LogP contribution in [0.25, 0.3) is 0 Å². The first-order valence-corrected chi connectivity index (χ1v) is 10.5. The Balaban J connectivity index is 1.46. The van der Waals surface area contributed by atoms with E-state index in [4.69, 9.17) is 0 Å². The summed E-state index contributed by atoms with van der Waals surface area (Å²) in [6, 6.07) is 9.82. The summed E-state index contributed by atoms with van der Waals surface area (Å²) in [5, 5.41) is 5.12. The average Bonchev–Trinajstić information content (AvgIpc) is 2.94. The van der Waals surface area contributed by atoms with E-state index in [0.29, 0.717) is 31.6 Å². The van der Waals surface area contributed by atoms with Crippen LogP contribution in [0.4, 0.5) is 4.79 Å². The molecule has 4 amide bonds. The van der Waals surface area contributed by atoms with E-state index in [9.17, 15) is 14.4 Å². The number of nitrogens with zero attached hydrogens (tertiary/aromatic N) is 1. The molecule has 1 aromatic carbocycles. The lowest BCUT2D eigenvalue weighted by Gasteiger charge is -2.40. The number of rotatable bonds is 5. The van der Waals surface area contributed by atoms with Gasteiger partial charge in [-0.15, -0.1) is 0 Å². The van der Waals surface area contributed by atoms with Crippen LogP contribution in [0.15, 0.2) is 30.3 Å². The van der Waals surface area contributed by atoms with Gasteiger partial charge < -0.3 is 10.2 Å². The van der Waals surface area contributed by atoms with Crippen LogP contribution < -0.4 is 10.6 Å². The lowest BCUT2D eigenvalue weighted by atomic mass is 9.75. The fraction of sp³-hybridized carbons (Fsp3) is 0.591. The number of urea groups is 1. The Morgan fingerprint density at radius 2 is 1.82 bits per heavy atom. The molecule has 1 heterocycles. The molecule has 0 radical (unpaired) electrons. The van der Waals surface area contributed by atoms with E-state index in [2.05, 4.69) is 34.6 Å². The Bertz CT molecular complexity index is 752. The van der Waals surface area contributed by atoms with Crippen LogP contribution in [0.3, 0.4) is 0 Å². The van der Waals surface area contributed by atoms with Gasteiger partial charge in [-0.3, -0.25) is 14.9 Å². The fourth-order valence-electron chi connectivity index (χ4n) is 4.78. The highest BCUT2D eigenvalue weighted by Crippen LogP contribution is 2.37. The molecule has 6 nitrogen and oxygen atoms in total. The minimum atomic E-state index is -0.808. The van der Waals surface area contributed by atoms with Crippen molar-refractivity contribution in [1.82, 2.24) is 15.5 Å². The fourth-order valence-corrected chi connectivity index (χ4v) is 4.78. The van der Waals surface area contributed by atoms with E-state index in [1.807, 2.05) is 18.2 Å². The third-order valence-electron chi connectivity index (χ3n) is 6.92. The van der Waals surface area contributed by atoms with Crippen LogP contribution in [0.2, 0.25) is 0 Å². The first-order chi connectivity index (χ1) is 13.5. The zero-order valence-electron chi connectivity index (χ0n) is 16.4. The minimum absolute atomic E-state index is 0.0414. The third kappa shape index (κ3) is 3.52. The van der Waals surface area contributed by atoms with Crippen molar-refractivity contribution in [3.05, 3.63) is 35.9 Å². The molecule has 0 unspecified atom stereocenters. The molecular weight excluding hydrogens is 354 g/mol. The van der Waals surface area contributed by atoms with Gasteiger partial charge in [0.2, 0.25) is 5.91 Å². The van der Waals surface area contributed by atoms with E-state index in [1.54, 1.807) is 0 Å². The monoisotopic (exact) mass is 383 g/mol. The van der Waals surface area contributed by atoms with Gasteiger partial charge in [-0.25, -0.2) is 4.79 Å². The molecule has 1 spiro atoms. The summed E-state index contributed by atoms with van der Waals surface area (Å²) in [7, 11) is 0. The van der Waals surface area contributed by atoms with Crippen molar-refractivity contribution in [3.63, 3.8) is 0 Å². The Morgan fingerprint density at radius 3 is 2.36 bits per heavy atom. The topological polar surface area (TPSA) is 78.5 Å². The second-order valence-electron chi connectivity index (χ2n) is 8.64. The number of amides is 4. The predicted molar refractivity (Wildman–Crippen MR) is 105 cm³/mol. The summed E-state index contributed by atoms with van der Waals surface area (Å²) in [5.41, 5.74) is 0.349. The molecule has 1 aliphatic heterocycles. The maximum absolute atomic E-state index is 13.5. The predicted octanol–water partition coefficient (Wildman–Crippen LogP) is 3.14. The number of nitrogens with one attached hydrogen (secondary N) is 2. The number of carbonyl (C=O) groups excluding carboxylic acids is 3. The lowest BCUT2D eigenvalue weighted by Crippen LogP contribution is -2.51. The van der Waals surface area contributed by atoms with Crippen molar-refractivity contribution in [2.24, 2.45) is 11.8 Å². The molecule has 1 aromatic rings. The van der Waals surface area contributed by atoms with Crippen LogP contribution in [0.1, 0.15) is 63.5 Å². The number of hydrogen-bond donors (Lipinski definition) is 2. The van der Waals surface area contributed by atoms with Crippen molar-refractivity contribution >= 4 is 17.8 Å². The highest BCUT2D eigenvalue weighted by molar-refractivity contribution is 6.07. The van der Waals surface area contributed by atoms with Crippen molar-refractivity contribution in [2.45, 2.75) is 63.5 Å². The molecule has 0 aromatic heterocycles. The van der Waals surface area contributed by atoms with E-state index in [1.165, 1.54) is 19.3 Å². The number of benzene rings is 1. The largest absolute Gasteiger partial charge is 0.335 e. The van der Waals surface area contributed by atoms with Gasteiger partial charge in [-0.1, -0.05) is 36.8 Å². The summed E-state index contributed by atoms with van der Waals surface area (Å²) in [6.45, 7) is 2.93. The zero-order chi connectivity index (χ0) is 19.7. The van der Waals surface area contributed by atoms with Gasteiger partial charge in [0.05, 0.1) is 6.04 Å². The maximum Gasteiger partial charge on any atom is 0.322 e. The van der Waals surface area contributed by atoms with Gasteiger partial charge in [-0.05, 0) is 56.9 Å². The summed E-state index contributed by atoms with van der Waals surface area (Å²) < 4.78 is 0. The van der Waals surface area contributed by atoms with Gasteiger partial charge in [0, 0.05) is 12.5 Å². The molecule has 4 rings (SSSR count). The van der Waals surface area contributed by atoms with Crippen LogP contribution in [-0.4, -0.2) is 34.8 Å². The van der Waals surface area contributed by atoms with Gasteiger partial charge >= 0.3 is 6.03 Å². The van der Waals surface area contributed by atoms with Crippen LogP contribution in [-0.2, 0) is 9.59 Å². The summed E-state index contributed by atoms with van der Waals surface area (Å²) in [6.07, 6.45) is 5.98. The molecule has 28 heavy (non-hydrogen) atoms. The number of hydrogen-bond acceptors (Lipinski definition) is 3. The molecule has 2 saturated carbocycles. The van der Waals surface area contributed by atoms with Crippen LogP contribution in [0.5, 0.6) is 0 Å². The molecule has 2 aliphatic carbocycles. The molecular formula is C22H29N3O3. The lowest BCUT2D eigenvalue weighted by molar-refractivity contribution is -0.141. The van der Waals surface area contributed by atoms with E-state index in [0.717, 1.165) is 12.1 Å². The quantitative estimate of drug-likeness (QED) is 0.767. The second-order valence-corrected chi connectivity index (χ2v) is 8.64. The maximum atomic E-state index is 13.5. The Kier molecular flexibility index (Phi) is 5.13. The van der Waals surface area contributed by atoms with Gasteiger partial charge in [0.15, 0.2) is 0 Å². The molecule has 3 fully saturated rings. The van der Waals surface area contributed by atoms with Crippen molar-refractivity contribution < 1.29 is 14.4 Å². The Hall–Kier alpha value is -2.37.